The average Bonchev–Trinajstić information content (AvgIpc) is 2.50. The van der Waals surface area contributed by atoms with Gasteiger partial charge in [0, 0.05) is 4.47 Å². The summed E-state index contributed by atoms with van der Waals surface area (Å²) in [5.41, 5.74) is 6.54. The van der Waals surface area contributed by atoms with E-state index < -0.39 is 0 Å². The second-order valence-electron chi connectivity index (χ2n) is 5.45. The number of benzene rings is 1. The number of hydrogen-bond acceptors (Lipinski definition) is 0. The summed E-state index contributed by atoms with van der Waals surface area (Å²) >= 11 is 3.62. The van der Waals surface area contributed by atoms with E-state index in [4.69, 9.17) is 0 Å². The summed E-state index contributed by atoms with van der Waals surface area (Å²) in [6.45, 7) is 2.41. The standard InChI is InChI=1S/C16H19Br/c1-11-4-2-7-15-14(11)6-3-5-12-8-9-13(17)10-16(12)15/h8-11H,2-7H2,1H3. The van der Waals surface area contributed by atoms with Crippen LogP contribution in [0.1, 0.15) is 50.2 Å². The first-order chi connectivity index (χ1) is 8.25. The van der Waals surface area contributed by atoms with Crippen LogP contribution in [-0.4, -0.2) is 0 Å². The molecule has 1 aromatic rings. The molecule has 3 rings (SSSR count). The lowest BCUT2D eigenvalue weighted by atomic mass is 9.80. The molecule has 2 aliphatic carbocycles. The van der Waals surface area contributed by atoms with Gasteiger partial charge >= 0.3 is 0 Å². The van der Waals surface area contributed by atoms with Crippen LogP contribution >= 0.6 is 15.9 Å². The zero-order valence-corrected chi connectivity index (χ0v) is 12.0. The van der Waals surface area contributed by atoms with Crippen LogP contribution in [0, 0.1) is 5.92 Å². The molecule has 1 aromatic carbocycles. The predicted molar refractivity (Wildman–Crippen MR) is 77.0 cm³/mol. The Labute approximate surface area is 112 Å². The Morgan fingerprint density at radius 2 is 2.00 bits per heavy atom. The topological polar surface area (TPSA) is 0 Å². The van der Waals surface area contributed by atoms with E-state index in [1.54, 1.807) is 22.3 Å². The fraction of sp³-hybridized carbons (Fsp3) is 0.500. The largest absolute Gasteiger partial charge is 0.0636 e. The number of aryl methyl sites for hydroxylation is 1. The number of rotatable bonds is 0. The molecule has 0 saturated carbocycles. The van der Waals surface area contributed by atoms with Crippen molar-refractivity contribution < 1.29 is 0 Å². The van der Waals surface area contributed by atoms with E-state index in [0.29, 0.717) is 0 Å². The zero-order valence-electron chi connectivity index (χ0n) is 10.4. The Morgan fingerprint density at radius 1 is 1.12 bits per heavy atom. The van der Waals surface area contributed by atoms with Gasteiger partial charge in [-0.25, -0.2) is 0 Å². The Hall–Kier alpha value is -0.560. The van der Waals surface area contributed by atoms with Gasteiger partial charge in [-0.05, 0) is 73.3 Å². The molecule has 0 fully saturated rings. The molecular formula is C16H19Br. The van der Waals surface area contributed by atoms with Crippen LogP contribution in [0.3, 0.4) is 0 Å². The molecule has 0 nitrogen and oxygen atoms in total. The van der Waals surface area contributed by atoms with Crippen LogP contribution in [-0.2, 0) is 6.42 Å². The summed E-state index contributed by atoms with van der Waals surface area (Å²) in [5, 5.41) is 0. The van der Waals surface area contributed by atoms with Gasteiger partial charge in [-0.1, -0.05) is 34.5 Å². The average molecular weight is 291 g/mol. The number of fused-ring (bicyclic) bond motifs is 2. The minimum absolute atomic E-state index is 0.809. The fourth-order valence-corrected chi connectivity index (χ4v) is 3.80. The van der Waals surface area contributed by atoms with Crippen molar-refractivity contribution in [3.63, 3.8) is 0 Å². The van der Waals surface area contributed by atoms with Crippen molar-refractivity contribution >= 4 is 21.5 Å². The normalized spacial score (nSPS) is 24.0. The number of halogens is 1. The van der Waals surface area contributed by atoms with Crippen molar-refractivity contribution in [1.82, 2.24) is 0 Å². The second kappa shape index (κ2) is 4.61. The van der Waals surface area contributed by atoms with Gasteiger partial charge in [-0.3, -0.25) is 0 Å². The Bertz CT molecular complexity index is 470. The highest BCUT2D eigenvalue weighted by Crippen LogP contribution is 2.42. The van der Waals surface area contributed by atoms with Gasteiger partial charge in [-0.15, -0.1) is 0 Å². The molecule has 0 N–H and O–H groups in total. The van der Waals surface area contributed by atoms with Crippen molar-refractivity contribution in [2.75, 3.05) is 0 Å². The van der Waals surface area contributed by atoms with Gasteiger partial charge < -0.3 is 0 Å². The van der Waals surface area contributed by atoms with Crippen molar-refractivity contribution in [2.24, 2.45) is 5.92 Å². The molecule has 0 heterocycles. The van der Waals surface area contributed by atoms with Crippen LogP contribution in [0.25, 0.3) is 5.57 Å². The van der Waals surface area contributed by atoms with E-state index >= 15 is 0 Å². The number of hydrogen-bond donors (Lipinski definition) is 0. The van der Waals surface area contributed by atoms with E-state index in [2.05, 4.69) is 41.1 Å². The van der Waals surface area contributed by atoms with Crippen molar-refractivity contribution in [1.29, 1.82) is 0 Å². The van der Waals surface area contributed by atoms with Crippen molar-refractivity contribution in [3.05, 3.63) is 39.4 Å². The van der Waals surface area contributed by atoms with Crippen LogP contribution in [0.2, 0.25) is 0 Å². The highest BCUT2D eigenvalue weighted by molar-refractivity contribution is 9.10. The molecule has 0 bridgehead atoms. The van der Waals surface area contributed by atoms with Crippen molar-refractivity contribution in [2.45, 2.75) is 45.4 Å². The predicted octanol–water partition coefficient (Wildman–Crippen LogP) is 5.36. The molecule has 0 aliphatic heterocycles. The minimum Gasteiger partial charge on any atom is -0.0636 e. The quantitative estimate of drug-likeness (QED) is 0.603. The van der Waals surface area contributed by atoms with Gasteiger partial charge in [0.1, 0.15) is 0 Å². The first-order valence-electron chi connectivity index (χ1n) is 6.76. The van der Waals surface area contributed by atoms with Gasteiger partial charge in [0.05, 0.1) is 0 Å². The van der Waals surface area contributed by atoms with E-state index in [-0.39, 0.29) is 0 Å². The van der Waals surface area contributed by atoms with Crippen LogP contribution in [0.4, 0.5) is 0 Å². The van der Waals surface area contributed by atoms with Gasteiger partial charge in [0.15, 0.2) is 0 Å². The smallest absolute Gasteiger partial charge is 0.0181 e. The molecule has 0 amide bonds. The summed E-state index contributed by atoms with van der Waals surface area (Å²) in [7, 11) is 0. The highest BCUT2D eigenvalue weighted by atomic mass is 79.9. The lowest BCUT2D eigenvalue weighted by molar-refractivity contribution is 0.538. The summed E-state index contributed by atoms with van der Waals surface area (Å²) in [6.07, 6.45) is 7.96. The van der Waals surface area contributed by atoms with Crippen LogP contribution in [0.15, 0.2) is 28.2 Å². The third-order valence-electron chi connectivity index (χ3n) is 4.34. The molecule has 0 aromatic heterocycles. The third-order valence-corrected chi connectivity index (χ3v) is 4.83. The molecule has 1 unspecified atom stereocenters. The van der Waals surface area contributed by atoms with E-state index in [0.717, 1.165) is 5.92 Å². The molecule has 0 spiro atoms. The van der Waals surface area contributed by atoms with Gasteiger partial charge in [0.25, 0.3) is 0 Å². The summed E-state index contributed by atoms with van der Waals surface area (Å²) in [5.74, 6) is 0.809. The molecule has 0 saturated heterocycles. The maximum absolute atomic E-state index is 3.62. The molecule has 2 aliphatic rings. The van der Waals surface area contributed by atoms with Gasteiger partial charge in [-0.2, -0.15) is 0 Å². The maximum atomic E-state index is 3.62. The zero-order chi connectivity index (χ0) is 11.8. The Kier molecular flexibility index (Phi) is 3.12. The molecule has 0 radical (unpaired) electrons. The monoisotopic (exact) mass is 290 g/mol. The summed E-state index contributed by atoms with van der Waals surface area (Å²) < 4.78 is 1.23. The molecule has 1 heteroatoms. The van der Waals surface area contributed by atoms with Crippen molar-refractivity contribution in [3.8, 4) is 0 Å². The molecular weight excluding hydrogens is 272 g/mol. The highest BCUT2D eigenvalue weighted by Gasteiger charge is 2.24. The Morgan fingerprint density at radius 3 is 2.88 bits per heavy atom. The summed E-state index contributed by atoms with van der Waals surface area (Å²) in [6, 6.07) is 6.85. The third kappa shape index (κ3) is 2.10. The Balaban J connectivity index is 2.16. The van der Waals surface area contributed by atoms with Crippen LogP contribution in [0.5, 0.6) is 0 Å². The first-order valence-corrected chi connectivity index (χ1v) is 7.55. The summed E-state index contributed by atoms with van der Waals surface area (Å²) in [4.78, 5) is 0. The first kappa shape index (κ1) is 11.5. The van der Waals surface area contributed by atoms with E-state index in [9.17, 15) is 0 Å². The molecule has 17 heavy (non-hydrogen) atoms. The number of allylic oxidation sites excluding steroid dienone is 2. The lowest BCUT2D eigenvalue weighted by Gasteiger charge is -2.26. The molecule has 90 valence electrons. The maximum Gasteiger partial charge on any atom is 0.0181 e. The van der Waals surface area contributed by atoms with E-state index in [1.807, 2.05) is 0 Å². The minimum atomic E-state index is 0.809. The fourth-order valence-electron chi connectivity index (χ4n) is 3.44. The van der Waals surface area contributed by atoms with E-state index in [1.165, 1.54) is 43.0 Å². The van der Waals surface area contributed by atoms with Crippen LogP contribution < -0.4 is 0 Å². The lowest BCUT2D eigenvalue weighted by Crippen LogP contribution is -2.08. The molecule has 1 atom stereocenters. The van der Waals surface area contributed by atoms with Gasteiger partial charge in [0.2, 0.25) is 0 Å². The second-order valence-corrected chi connectivity index (χ2v) is 6.37. The SMILES string of the molecule is CC1CCCC2=C1CCCc1ccc(Br)cc12.